The number of hydrogen-bond donors (Lipinski definition) is 2. The molecule has 0 bridgehead atoms. The monoisotopic (exact) mass is 312 g/mol. The highest BCUT2D eigenvalue weighted by molar-refractivity contribution is 6.33. The second kappa shape index (κ2) is 5.39. The third-order valence-electron chi connectivity index (χ3n) is 4.07. The molecule has 1 atom stereocenters. The van der Waals surface area contributed by atoms with Gasteiger partial charge in [-0.3, -0.25) is 0 Å². The van der Waals surface area contributed by atoms with E-state index in [9.17, 15) is 9.90 Å². The lowest BCUT2D eigenvalue weighted by Crippen LogP contribution is -2.57. The quantitative estimate of drug-likeness (QED) is 0.781. The van der Waals surface area contributed by atoms with Gasteiger partial charge in [-0.15, -0.1) is 0 Å². The Morgan fingerprint density at radius 3 is 2.67 bits per heavy atom. The van der Waals surface area contributed by atoms with Crippen LogP contribution in [0.1, 0.15) is 26.3 Å². The van der Waals surface area contributed by atoms with Crippen LogP contribution >= 0.6 is 11.6 Å². The highest BCUT2D eigenvalue weighted by atomic mass is 35.5. The van der Waals surface area contributed by atoms with Gasteiger partial charge in [0, 0.05) is 6.54 Å². The summed E-state index contributed by atoms with van der Waals surface area (Å²) in [6.45, 7) is 7.08. The molecule has 1 aliphatic heterocycles. The molecule has 0 radical (unpaired) electrons. The molecule has 5 nitrogen and oxygen atoms in total. The van der Waals surface area contributed by atoms with Crippen molar-refractivity contribution < 1.29 is 14.6 Å². The van der Waals surface area contributed by atoms with Crippen LogP contribution in [0.3, 0.4) is 0 Å². The van der Waals surface area contributed by atoms with Crippen molar-refractivity contribution >= 4 is 23.4 Å². The molecule has 3 N–H and O–H groups in total. The van der Waals surface area contributed by atoms with E-state index in [4.69, 9.17) is 22.1 Å². The summed E-state index contributed by atoms with van der Waals surface area (Å²) in [7, 11) is 0. The highest BCUT2D eigenvalue weighted by Crippen LogP contribution is 2.46. The number of nitrogens with two attached hydrogens (primary N) is 1. The van der Waals surface area contributed by atoms with Gasteiger partial charge >= 0.3 is 6.09 Å². The van der Waals surface area contributed by atoms with Crippen LogP contribution in [-0.2, 0) is 10.3 Å². The fourth-order valence-electron chi connectivity index (χ4n) is 2.73. The third kappa shape index (κ3) is 2.80. The van der Waals surface area contributed by atoms with E-state index in [0.717, 1.165) is 5.56 Å². The molecule has 1 aromatic carbocycles. The summed E-state index contributed by atoms with van der Waals surface area (Å²) in [5.41, 5.74) is 6.06. The first-order valence-electron chi connectivity index (χ1n) is 6.85. The maximum absolute atomic E-state index is 11.3. The molecule has 1 amide bonds. The Morgan fingerprint density at radius 2 is 2.14 bits per heavy atom. The maximum atomic E-state index is 11.3. The first-order valence-corrected chi connectivity index (χ1v) is 7.22. The van der Waals surface area contributed by atoms with E-state index < -0.39 is 11.7 Å². The molecule has 1 aromatic rings. The number of rotatable bonds is 1. The van der Waals surface area contributed by atoms with E-state index in [1.165, 1.54) is 4.90 Å². The van der Waals surface area contributed by atoms with Crippen molar-refractivity contribution in [1.29, 1.82) is 0 Å². The van der Waals surface area contributed by atoms with Crippen molar-refractivity contribution in [2.75, 3.05) is 25.4 Å². The van der Waals surface area contributed by atoms with Crippen molar-refractivity contribution in [3.63, 3.8) is 0 Å². The van der Waals surface area contributed by atoms with E-state index in [2.05, 4.69) is 0 Å². The number of carboxylic acid groups (broad SMARTS) is 1. The number of amides is 1. The van der Waals surface area contributed by atoms with Crippen molar-refractivity contribution in [2.45, 2.75) is 26.4 Å². The fraction of sp³-hybridized carbons (Fsp3) is 0.533. The molecule has 1 heterocycles. The zero-order valence-corrected chi connectivity index (χ0v) is 13.3. The zero-order chi connectivity index (χ0) is 15.8. The standard InChI is InChI=1S/C15H21ClN2O3/c1-14(2,3)15(9-18(13(19)20)6-7-21-15)10-4-5-12(17)11(16)8-10/h4-5,8H,6-7,9,17H2,1-3H3,(H,19,20)/t15-/m1/s1. The normalized spacial score (nSPS) is 23.1. The molecule has 1 fully saturated rings. The summed E-state index contributed by atoms with van der Waals surface area (Å²) < 4.78 is 6.09. The summed E-state index contributed by atoms with van der Waals surface area (Å²) in [4.78, 5) is 12.7. The first kappa shape index (κ1) is 15.9. The molecule has 0 aromatic heterocycles. The Balaban J connectivity index is 2.52. The average Bonchev–Trinajstić information content (AvgIpc) is 2.40. The smallest absolute Gasteiger partial charge is 0.407 e. The van der Waals surface area contributed by atoms with Crippen LogP contribution in [0.25, 0.3) is 0 Å². The molecule has 6 heteroatoms. The number of nitrogen functional groups attached to an aromatic ring is 1. The topological polar surface area (TPSA) is 75.8 Å². The molecule has 0 saturated carbocycles. The minimum absolute atomic E-state index is 0.270. The fourth-order valence-corrected chi connectivity index (χ4v) is 2.91. The lowest BCUT2D eigenvalue weighted by molar-refractivity contribution is -0.166. The number of benzene rings is 1. The molecule has 2 rings (SSSR count). The van der Waals surface area contributed by atoms with Crippen LogP contribution in [-0.4, -0.2) is 35.8 Å². The molecular formula is C15H21ClN2O3. The molecule has 0 unspecified atom stereocenters. The molecule has 116 valence electrons. The van der Waals surface area contributed by atoms with Gasteiger partial charge in [0.25, 0.3) is 0 Å². The van der Waals surface area contributed by atoms with Gasteiger partial charge in [-0.1, -0.05) is 38.4 Å². The SMILES string of the molecule is CC(C)(C)[C@]1(c2ccc(N)c(Cl)c2)CN(C(=O)O)CCO1. The molecule has 21 heavy (non-hydrogen) atoms. The number of hydrogen-bond acceptors (Lipinski definition) is 3. The number of halogens is 1. The van der Waals surface area contributed by atoms with E-state index in [-0.39, 0.29) is 12.0 Å². The van der Waals surface area contributed by atoms with Gasteiger partial charge in [0.2, 0.25) is 0 Å². The van der Waals surface area contributed by atoms with Crippen LogP contribution in [0, 0.1) is 5.41 Å². The Labute approximate surface area is 129 Å². The van der Waals surface area contributed by atoms with Crippen molar-refractivity contribution in [1.82, 2.24) is 4.90 Å². The number of nitrogens with zero attached hydrogens (tertiary/aromatic N) is 1. The largest absolute Gasteiger partial charge is 0.465 e. The second-order valence-corrected chi connectivity index (χ2v) is 6.77. The predicted molar refractivity (Wildman–Crippen MR) is 82.5 cm³/mol. The van der Waals surface area contributed by atoms with Gasteiger partial charge in [0.1, 0.15) is 5.60 Å². The average molecular weight is 313 g/mol. The van der Waals surface area contributed by atoms with E-state index in [0.29, 0.717) is 23.9 Å². The van der Waals surface area contributed by atoms with Crippen LogP contribution in [0.15, 0.2) is 18.2 Å². The Hall–Kier alpha value is -1.46. The van der Waals surface area contributed by atoms with E-state index in [1.54, 1.807) is 12.1 Å². The van der Waals surface area contributed by atoms with Crippen molar-refractivity contribution in [3.8, 4) is 0 Å². The molecule has 1 aliphatic rings. The van der Waals surface area contributed by atoms with Crippen molar-refractivity contribution in [3.05, 3.63) is 28.8 Å². The van der Waals surface area contributed by atoms with Gasteiger partial charge < -0.3 is 20.5 Å². The Kier molecular flexibility index (Phi) is 4.08. The maximum Gasteiger partial charge on any atom is 0.407 e. The number of anilines is 1. The first-order chi connectivity index (χ1) is 9.67. The minimum atomic E-state index is -0.937. The summed E-state index contributed by atoms with van der Waals surface area (Å²) in [5.74, 6) is 0. The predicted octanol–water partition coefficient (Wildman–Crippen LogP) is 3.17. The summed E-state index contributed by atoms with van der Waals surface area (Å²) in [6, 6.07) is 5.36. The van der Waals surface area contributed by atoms with Gasteiger partial charge in [0.05, 0.1) is 23.9 Å². The molecule has 0 spiro atoms. The Bertz CT molecular complexity index is 556. The molecular weight excluding hydrogens is 292 g/mol. The second-order valence-electron chi connectivity index (χ2n) is 6.37. The molecule has 1 saturated heterocycles. The van der Waals surface area contributed by atoms with Crippen LogP contribution in [0.2, 0.25) is 5.02 Å². The van der Waals surface area contributed by atoms with Gasteiger partial charge in [-0.25, -0.2) is 4.79 Å². The number of carbonyl (C=O) groups is 1. The van der Waals surface area contributed by atoms with Gasteiger partial charge in [-0.2, -0.15) is 0 Å². The van der Waals surface area contributed by atoms with Crippen LogP contribution < -0.4 is 5.73 Å². The minimum Gasteiger partial charge on any atom is -0.465 e. The summed E-state index contributed by atoms with van der Waals surface area (Å²) in [5, 5.41) is 9.76. The van der Waals surface area contributed by atoms with E-state index in [1.807, 2.05) is 26.8 Å². The number of morpholine rings is 1. The summed E-state index contributed by atoms with van der Waals surface area (Å²) >= 11 is 6.13. The Morgan fingerprint density at radius 1 is 1.48 bits per heavy atom. The zero-order valence-electron chi connectivity index (χ0n) is 12.5. The highest BCUT2D eigenvalue weighted by Gasteiger charge is 2.49. The van der Waals surface area contributed by atoms with Crippen LogP contribution in [0.4, 0.5) is 10.5 Å². The lowest BCUT2D eigenvalue weighted by atomic mass is 9.71. The van der Waals surface area contributed by atoms with Crippen LogP contribution in [0.5, 0.6) is 0 Å². The van der Waals surface area contributed by atoms with E-state index >= 15 is 0 Å². The van der Waals surface area contributed by atoms with Gasteiger partial charge in [0.15, 0.2) is 0 Å². The number of ether oxygens (including phenoxy) is 1. The summed E-state index contributed by atoms with van der Waals surface area (Å²) in [6.07, 6.45) is -0.937. The van der Waals surface area contributed by atoms with Gasteiger partial charge in [-0.05, 0) is 23.1 Å². The lowest BCUT2D eigenvalue weighted by Gasteiger charge is -2.50. The molecule has 0 aliphatic carbocycles. The third-order valence-corrected chi connectivity index (χ3v) is 4.40. The van der Waals surface area contributed by atoms with Crippen molar-refractivity contribution in [2.24, 2.45) is 5.41 Å².